The molecule has 0 heterocycles. The molecule has 2 nitrogen and oxygen atoms in total. The van der Waals surface area contributed by atoms with E-state index >= 15 is 0 Å². The fraction of sp³-hybridized carbons (Fsp3) is 0. The van der Waals surface area contributed by atoms with Crippen molar-refractivity contribution in [3.63, 3.8) is 0 Å². The predicted molar refractivity (Wildman–Crippen MR) is 15.3 cm³/mol. The molecule has 0 rings (SSSR count). The molecule has 0 spiro atoms. The minimum Gasteiger partial charge on any atom is -0.545 e. The quantitative estimate of drug-likeness (QED) is 0.408. The summed E-state index contributed by atoms with van der Waals surface area (Å²) < 4.78 is 10.6. The Morgan fingerprint density at radius 2 is 2.14 bits per heavy atom. The molecule has 7 heavy (non-hydrogen) atoms. The molecule has 0 radical (unpaired) electrons. The van der Waals surface area contributed by atoms with Crippen LogP contribution >= 0.6 is 0 Å². The van der Waals surface area contributed by atoms with Crippen LogP contribution in [-0.2, 0) is 27.2 Å². The Kier molecular flexibility index (Phi) is 8.39. The third kappa shape index (κ3) is 10.7. The minimum absolute atomic E-state index is 0. The van der Waals surface area contributed by atoms with Crippen LogP contribution < -0.4 is 5.11 Å². The molecule has 0 aliphatic heterocycles. The van der Waals surface area contributed by atoms with E-state index in [1.54, 1.807) is 0 Å². The van der Waals surface area contributed by atoms with E-state index < -0.39 is 5.97 Å². The van der Waals surface area contributed by atoms with Gasteiger partial charge >= 0.3 is 22.4 Å². The number of carbonyl (C=O) groups is 1. The smallest absolute Gasteiger partial charge is 0.545 e. The van der Waals surface area contributed by atoms with Crippen molar-refractivity contribution in [2.75, 3.05) is 0 Å². The zero-order valence-corrected chi connectivity index (χ0v) is 4.63. The van der Waals surface area contributed by atoms with Crippen LogP contribution in [0.1, 0.15) is 0 Å². The van der Waals surface area contributed by atoms with Crippen LogP contribution in [0.15, 0.2) is 12.4 Å². The number of rotatable bonds is 1. The maximum atomic E-state index is 10.6. The summed E-state index contributed by atoms with van der Waals surface area (Å²) in [6.45, 7) is 0. The first-order valence-corrected chi connectivity index (χ1v) is 1.25. The average Bonchev–Trinajstić information content (AvgIpc) is 1.35. The van der Waals surface area contributed by atoms with E-state index in [2.05, 4.69) is 0 Å². The van der Waals surface area contributed by atoms with Gasteiger partial charge in [0.1, 0.15) is 0 Å². The van der Waals surface area contributed by atoms with Crippen molar-refractivity contribution >= 4 is 5.97 Å². The SMILES string of the molecule is O=C([O-])/C=C/F.[Ag+]. The van der Waals surface area contributed by atoms with E-state index in [9.17, 15) is 4.39 Å². The molecule has 0 aliphatic carbocycles. The van der Waals surface area contributed by atoms with E-state index in [0.717, 1.165) is 0 Å². The van der Waals surface area contributed by atoms with E-state index in [-0.39, 0.29) is 28.7 Å². The van der Waals surface area contributed by atoms with Crippen molar-refractivity contribution in [1.82, 2.24) is 0 Å². The zero-order chi connectivity index (χ0) is 4.99. The molecule has 0 amide bonds. The zero-order valence-electron chi connectivity index (χ0n) is 3.15. The topological polar surface area (TPSA) is 40.1 Å². The van der Waals surface area contributed by atoms with E-state index in [1.807, 2.05) is 0 Å². The Balaban J connectivity index is 0. The number of carboxylic acid groups (broad SMARTS) is 1. The van der Waals surface area contributed by atoms with Crippen LogP contribution in [-0.4, -0.2) is 5.97 Å². The molecule has 0 unspecified atom stereocenters. The molecule has 44 valence electrons. The van der Waals surface area contributed by atoms with Gasteiger partial charge in [0.05, 0.1) is 12.3 Å². The second-order valence-electron chi connectivity index (χ2n) is 0.612. The van der Waals surface area contributed by atoms with Gasteiger partial charge in [0.15, 0.2) is 0 Å². The summed E-state index contributed by atoms with van der Waals surface area (Å²) in [5.74, 6) is -1.52. The van der Waals surface area contributed by atoms with Gasteiger partial charge in [-0.3, -0.25) is 0 Å². The predicted octanol–water partition coefficient (Wildman–Crippen LogP) is -0.783. The monoisotopic (exact) mass is 196 g/mol. The maximum Gasteiger partial charge on any atom is 1.00 e. The molecule has 0 saturated heterocycles. The van der Waals surface area contributed by atoms with Gasteiger partial charge in [-0.05, 0) is 6.08 Å². The molecular formula is C3H2AgFO2. The van der Waals surface area contributed by atoms with Gasteiger partial charge < -0.3 is 9.90 Å². The van der Waals surface area contributed by atoms with Gasteiger partial charge in [0.2, 0.25) is 0 Å². The number of hydrogen-bond acceptors (Lipinski definition) is 2. The van der Waals surface area contributed by atoms with Gasteiger partial charge in [-0.25, -0.2) is 4.39 Å². The normalized spacial score (nSPS) is 8.14. The number of carboxylic acids is 1. The first kappa shape index (κ1) is 9.99. The van der Waals surface area contributed by atoms with E-state index in [1.165, 1.54) is 0 Å². The third-order valence-corrected chi connectivity index (χ3v) is 0.199. The Bertz CT molecular complexity index is 81.0. The molecule has 4 heteroatoms. The first-order chi connectivity index (χ1) is 2.77. The Morgan fingerprint density at radius 1 is 1.71 bits per heavy atom. The maximum absolute atomic E-state index is 10.6. The fourth-order valence-electron chi connectivity index (χ4n) is 0.0514. The molecule has 0 saturated carbocycles. The van der Waals surface area contributed by atoms with E-state index in [0.29, 0.717) is 6.08 Å². The van der Waals surface area contributed by atoms with Crippen LogP contribution in [0.4, 0.5) is 4.39 Å². The second-order valence-corrected chi connectivity index (χ2v) is 0.612. The molecular weight excluding hydrogens is 195 g/mol. The van der Waals surface area contributed by atoms with Gasteiger partial charge in [0.25, 0.3) is 0 Å². The summed E-state index contributed by atoms with van der Waals surface area (Å²) in [7, 11) is 0. The van der Waals surface area contributed by atoms with Crippen molar-refractivity contribution in [2.45, 2.75) is 0 Å². The third-order valence-electron chi connectivity index (χ3n) is 0.199. The van der Waals surface area contributed by atoms with Crippen LogP contribution in [0.25, 0.3) is 0 Å². The summed E-state index contributed by atoms with van der Waals surface area (Å²) in [5, 5.41) is 9.16. The summed E-state index contributed by atoms with van der Waals surface area (Å²) in [6, 6.07) is 0. The molecule has 0 bridgehead atoms. The molecule has 0 N–H and O–H groups in total. The Morgan fingerprint density at radius 3 is 2.14 bits per heavy atom. The summed E-state index contributed by atoms with van der Waals surface area (Å²) >= 11 is 0. The standard InChI is InChI=1S/C3H3FO2.Ag/c4-2-1-3(5)6;/h1-2H,(H,5,6);/q;+1/p-1/b2-1+;. The molecule has 0 atom stereocenters. The Hall–Kier alpha value is -0.120. The van der Waals surface area contributed by atoms with Gasteiger partial charge in [-0.2, -0.15) is 0 Å². The molecule has 0 aromatic rings. The Labute approximate surface area is 55.5 Å². The average molecular weight is 197 g/mol. The van der Waals surface area contributed by atoms with Crippen molar-refractivity contribution in [1.29, 1.82) is 0 Å². The van der Waals surface area contributed by atoms with Crippen LogP contribution in [0, 0.1) is 0 Å². The van der Waals surface area contributed by atoms with Gasteiger partial charge in [-0.1, -0.05) is 0 Å². The second kappa shape index (κ2) is 5.88. The number of carbonyl (C=O) groups excluding carboxylic acids is 1. The first-order valence-electron chi connectivity index (χ1n) is 1.25. The minimum atomic E-state index is -1.52. The number of hydrogen-bond donors (Lipinski definition) is 0. The largest absolute Gasteiger partial charge is 1.00 e. The van der Waals surface area contributed by atoms with Crippen LogP contribution in [0.5, 0.6) is 0 Å². The van der Waals surface area contributed by atoms with Crippen molar-refractivity contribution in [2.24, 2.45) is 0 Å². The molecule has 0 fully saturated rings. The molecule has 0 aromatic heterocycles. The number of halogens is 1. The molecule has 0 aliphatic rings. The van der Waals surface area contributed by atoms with Crippen molar-refractivity contribution in [3.05, 3.63) is 12.4 Å². The van der Waals surface area contributed by atoms with Gasteiger partial charge in [0, 0.05) is 0 Å². The van der Waals surface area contributed by atoms with Crippen LogP contribution in [0.3, 0.4) is 0 Å². The van der Waals surface area contributed by atoms with E-state index in [4.69, 9.17) is 9.90 Å². The number of aliphatic carboxylic acids is 1. The van der Waals surface area contributed by atoms with Crippen molar-refractivity contribution in [3.8, 4) is 0 Å². The summed E-state index contributed by atoms with van der Waals surface area (Å²) in [5.41, 5.74) is 0. The summed E-state index contributed by atoms with van der Waals surface area (Å²) in [6.07, 6.45) is 0.218. The summed E-state index contributed by atoms with van der Waals surface area (Å²) in [4.78, 5) is 9.16. The van der Waals surface area contributed by atoms with Crippen LogP contribution in [0.2, 0.25) is 0 Å². The fourth-order valence-corrected chi connectivity index (χ4v) is 0.0514. The van der Waals surface area contributed by atoms with Crippen molar-refractivity contribution < 1.29 is 36.7 Å². The molecule has 0 aromatic carbocycles. The van der Waals surface area contributed by atoms with Gasteiger partial charge in [-0.15, -0.1) is 0 Å².